The highest BCUT2D eigenvalue weighted by Crippen LogP contribution is 2.21. The lowest BCUT2D eigenvalue weighted by atomic mass is 10.2. The van der Waals surface area contributed by atoms with Gasteiger partial charge in [0.25, 0.3) is 5.69 Å². The van der Waals surface area contributed by atoms with Crippen LogP contribution >= 0.6 is 0 Å². The van der Waals surface area contributed by atoms with Gasteiger partial charge in [-0.15, -0.1) is 0 Å². The highest BCUT2D eigenvalue weighted by Gasteiger charge is 2.16. The summed E-state index contributed by atoms with van der Waals surface area (Å²) in [5.41, 5.74) is 2.13. The first-order valence-corrected chi connectivity index (χ1v) is 5.58. The Labute approximate surface area is 99.7 Å². The summed E-state index contributed by atoms with van der Waals surface area (Å²) in [7, 11) is 0. The first kappa shape index (κ1) is 11.4. The van der Waals surface area contributed by atoms with Crippen LogP contribution in [-0.4, -0.2) is 9.49 Å². The van der Waals surface area contributed by atoms with Crippen LogP contribution in [0.4, 0.5) is 5.69 Å². The maximum absolute atomic E-state index is 10.8. The van der Waals surface area contributed by atoms with Crippen LogP contribution in [-0.2, 0) is 13.0 Å². The van der Waals surface area contributed by atoms with Gasteiger partial charge in [0.05, 0.1) is 10.6 Å². The summed E-state index contributed by atoms with van der Waals surface area (Å²) < 4.78 is 1.94. The Morgan fingerprint density at radius 2 is 1.94 bits per heavy atom. The minimum absolute atomic E-state index is 0.212. The van der Waals surface area contributed by atoms with Crippen molar-refractivity contribution in [3.63, 3.8) is 0 Å². The van der Waals surface area contributed by atoms with Crippen molar-refractivity contribution in [1.82, 2.24) is 4.57 Å². The van der Waals surface area contributed by atoms with Gasteiger partial charge >= 0.3 is 0 Å². The molecule has 1 aromatic carbocycles. The van der Waals surface area contributed by atoms with E-state index >= 15 is 0 Å². The Morgan fingerprint density at radius 3 is 2.53 bits per heavy atom. The van der Waals surface area contributed by atoms with Gasteiger partial charge in [-0.05, 0) is 12.0 Å². The maximum Gasteiger partial charge on any atom is 0.290 e. The van der Waals surface area contributed by atoms with E-state index in [0.29, 0.717) is 13.0 Å². The largest absolute Gasteiger partial charge is 0.341 e. The number of hydrogen-bond donors (Lipinski definition) is 0. The lowest BCUT2D eigenvalue weighted by molar-refractivity contribution is -0.385. The normalized spacial score (nSPS) is 10.4. The molecule has 0 bridgehead atoms. The fraction of sp³-hybridized carbons (Fsp3) is 0.231. The van der Waals surface area contributed by atoms with E-state index in [1.54, 1.807) is 12.3 Å². The van der Waals surface area contributed by atoms with Crippen LogP contribution < -0.4 is 0 Å². The van der Waals surface area contributed by atoms with Crippen molar-refractivity contribution in [2.75, 3.05) is 0 Å². The molecular formula is C13H14N2O2. The van der Waals surface area contributed by atoms with Crippen LogP contribution in [0.3, 0.4) is 0 Å². The van der Waals surface area contributed by atoms with E-state index in [1.165, 1.54) is 0 Å². The molecule has 0 aliphatic rings. The number of nitro groups is 1. The average molecular weight is 230 g/mol. The molecule has 0 aliphatic heterocycles. The fourth-order valence-electron chi connectivity index (χ4n) is 1.97. The summed E-state index contributed by atoms with van der Waals surface area (Å²) >= 11 is 0. The lowest BCUT2D eigenvalue weighted by Gasteiger charge is -2.07. The Kier molecular flexibility index (Phi) is 3.23. The summed E-state index contributed by atoms with van der Waals surface area (Å²) in [6.07, 6.45) is 2.44. The average Bonchev–Trinajstić information content (AvgIpc) is 2.73. The van der Waals surface area contributed by atoms with Crippen LogP contribution in [0.1, 0.15) is 18.2 Å². The second-order valence-electron chi connectivity index (χ2n) is 3.87. The Bertz CT molecular complexity index is 517. The monoisotopic (exact) mass is 230 g/mol. The molecule has 4 heteroatoms. The molecule has 0 atom stereocenters. The molecule has 0 saturated heterocycles. The zero-order chi connectivity index (χ0) is 12.3. The van der Waals surface area contributed by atoms with Crippen molar-refractivity contribution in [1.29, 1.82) is 0 Å². The molecule has 2 rings (SSSR count). The van der Waals surface area contributed by atoms with E-state index in [0.717, 1.165) is 11.3 Å². The van der Waals surface area contributed by atoms with Crippen molar-refractivity contribution in [3.8, 4) is 0 Å². The first-order chi connectivity index (χ1) is 8.22. The first-order valence-electron chi connectivity index (χ1n) is 5.58. The van der Waals surface area contributed by atoms with E-state index < -0.39 is 0 Å². The van der Waals surface area contributed by atoms with E-state index in [9.17, 15) is 10.1 Å². The third kappa shape index (κ3) is 2.36. The van der Waals surface area contributed by atoms with Crippen molar-refractivity contribution in [2.45, 2.75) is 19.9 Å². The number of rotatable bonds is 4. The standard InChI is InChI=1S/C13H14N2O2/c1-2-12-13(15(16)17)8-9-14(12)10-11-6-4-3-5-7-11/h3-9H,2,10H2,1H3. The Hall–Kier alpha value is -2.10. The van der Waals surface area contributed by atoms with E-state index in [1.807, 2.05) is 41.8 Å². The van der Waals surface area contributed by atoms with Crippen LogP contribution in [0, 0.1) is 10.1 Å². The van der Waals surface area contributed by atoms with Crippen LogP contribution in [0.25, 0.3) is 0 Å². The summed E-state index contributed by atoms with van der Waals surface area (Å²) in [5, 5.41) is 10.8. The van der Waals surface area contributed by atoms with Gasteiger partial charge in [-0.3, -0.25) is 10.1 Å². The van der Waals surface area contributed by atoms with E-state index in [2.05, 4.69) is 0 Å². The van der Waals surface area contributed by atoms with Gasteiger partial charge in [0.2, 0.25) is 0 Å². The van der Waals surface area contributed by atoms with Gasteiger partial charge < -0.3 is 4.57 Å². The molecule has 0 N–H and O–H groups in total. The van der Waals surface area contributed by atoms with E-state index in [4.69, 9.17) is 0 Å². The predicted octanol–water partition coefficient (Wildman–Crippen LogP) is 3.01. The molecule has 1 heterocycles. The fourth-order valence-corrected chi connectivity index (χ4v) is 1.97. The molecule has 0 saturated carbocycles. The molecule has 1 aromatic heterocycles. The van der Waals surface area contributed by atoms with Gasteiger partial charge in [0, 0.05) is 18.8 Å². The smallest absolute Gasteiger partial charge is 0.290 e. The summed E-state index contributed by atoms with van der Waals surface area (Å²) in [6.45, 7) is 2.61. The highest BCUT2D eigenvalue weighted by atomic mass is 16.6. The third-order valence-electron chi connectivity index (χ3n) is 2.78. The van der Waals surface area contributed by atoms with E-state index in [-0.39, 0.29) is 10.6 Å². The highest BCUT2D eigenvalue weighted by molar-refractivity contribution is 5.37. The molecule has 0 fully saturated rings. The molecular weight excluding hydrogens is 216 g/mol. The van der Waals surface area contributed by atoms with Gasteiger partial charge in [-0.2, -0.15) is 0 Å². The topological polar surface area (TPSA) is 48.1 Å². The molecule has 2 aromatic rings. The Balaban J connectivity index is 2.31. The third-order valence-corrected chi connectivity index (χ3v) is 2.78. The molecule has 0 unspecified atom stereocenters. The molecule has 0 spiro atoms. The zero-order valence-electron chi connectivity index (χ0n) is 9.67. The Morgan fingerprint density at radius 1 is 1.24 bits per heavy atom. The molecule has 88 valence electrons. The number of benzene rings is 1. The van der Waals surface area contributed by atoms with Crippen molar-refractivity contribution >= 4 is 5.69 Å². The lowest BCUT2D eigenvalue weighted by Crippen LogP contribution is -2.04. The van der Waals surface area contributed by atoms with Crippen LogP contribution in [0.2, 0.25) is 0 Å². The molecule has 0 aliphatic carbocycles. The number of nitrogens with zero attached hydrogens (tertiary/aromatic N) is 2. The van der Waals surface area contributed by atoms with Gasteiger partial charge in [-0.1, -0.05) is 37.3 Å². The van der Waals surface area contributed by atoms with Gasteiger partial charge in [0.1, 0.15) is 0 Å². The maximum atomic E-state index is 10.8. The van der Waals surface area contributed by atoms with Gasteiger partial charge in [-0.25, -0.2) is 0 Å². The second kappa shape index (κ2) is 4.82. The second-order valence-corrected chi connectivity index (χ2v) is 3.87. The van der Waals surface area contributed by atoms with Crippen LogP contribution in [0.15, 0.2) is 42.6 Å². The zero-order valence-corrected chi connectivity index (χ0v) is 9.67. The molecule has 0 amide bonds. The van der Waals surface area contributed by atoms with Crippen molar-refractivity contribution < 1.29 is 4.92 Å². The molecule has 4 nitrogen and oxygen atoms in total. The quantitative estimate of drug-likeness (QED) is 0.598. The molecule has 0 radical (unpaired) electrons. The number of aromatic nitrogens is 1. The minimum atomic E-state index is -0.319. The number of hydrogen-bond acceptors (Lipinski definition) is 2. The predicted molar refractivity (Wildman–Crippen MR) is 66.0 cm³/mol. The van der Waals surface area contributed by atoms with Crippen LogP contribution in [0.5, 0.6) is 0 Å². The summed E-state index contributed by atoms with van der Waals surface area (Å²) in [4.78, 5) is 10.5. The molecule has 17 heavy (non-hydrogen) atoms. The SMILES string of the molecule is CCc1c([N+](=O)[O-])ccn1Cc1ccccc1. The summed E-state index contributed by atoms with van der Waals surface area (Å²) in [6, 6.07) is 11.5. The van der Waals surface area contributed by atoms with Gasteiger partial charge in [0.15, 0.2) is 0 Å². The van der Waals surface area contributed by atoms with Crippen molar-refractivity contribution in [2.24, 2.45) is 0 Å². The summed E-state index contributed by atoms with van der Waals surface area (Å²) in [5.74, 6) is 0. The minimum Gasteiger partial charge on any atom is -0.341 e. The van der Waals surface area contributed by atoms with Crippen molar-refractivity contribution in [3.05, 3.63) is 64.0 Å².